The summed E-state index contributed by atoms with van der Waals surface area (Å²) in [5.74, 6) is -4.23. The van der Waals surface area contributed by atoms with Gasteiger partial charge in [0.2, 0.25) is 6.79 Å². The fraction of sp³-hybridized carbons (Fsp3) is 0.739. The van der Waals surface area contributed by atoms with Gasteiger partial charge in [-0.05, 0) is 27.2 Å². The monoisotopic (exact) mass is 502 g/mol. The van der Waals surface area contributed by atoms with E-state index in [2.05, 4.69) is 0 Å². The van der Waals surface area contributed by atoms with Crippen molar-refractivity contribution in [3.05, 3.63) is 12.2 Å². The summed E-state index contributed by atoms with van der Waals surface area (Å²) in [5, 5.41) is 0. The molecule has 0 bridgehead atoms. The van der Waals surface area contributed by atoms with Gasteiger partial charge in [0.15, 0.2) is 11.6 Å². The number of esters is 4. The average molecular weight is 503 g/mol. The Kier molecular flexibility index (Phi) is 11.1. The summed E-state index contributed by atoms with van der Waals surface area (Å²) in [4.78, 5) is 46.6. The first-order valence-corrected chi connectivity index (χ1v) is 11.5. The highest BCUT2D eigenvalue weighted by molar-refractivity contribution is 5.91. The van der Waals surface area contributed by atoms with Gasteiger partial charge in [0.05, 0.1) is 19.6 Å². The Morgan fingerprint density at radius 3 is 1.89 bits per heavy atom. The van der Waals surface area contributed by atoms with Gasteiger partial charge in [0.25, 0.3) is 0 Å². The van der Waals surface area contributed by atoms with E-state index in [1.54, 1.807) is 20.8 Å². The molecule has 2 aliphatic heterocycles. The zero-order valence-electron chi connectivity index (χ0n) is 20.6. The van der Waals surface area contributed by atoms with Gasteiger partial charge in [0, 0.05) is 25.0 Å². The van der Waals surface area contributed by atoms with Crippen molar-refractivity contribution in [1.82, 2.24) is 0 Å². The van der Waals surface area contributed by atoms with E-state index in [1.165, 1.54) is 0 Å². The molecule has 0 aromatic heterocycles. The van der Waals surface area contributed by atoms with Gasteiger partial charge in [-0.1, -0.05) is 6.92 Å². The second-order valence-corrected chi connectivity index (χ2v) is 8.63. The Morgan fingerprint density at radius 2 is 1.34 bits per heavy atom. The SMILES string of the molecule is CCCC(=O)OCOC(=O)CCC1(C)OCC(COC(=O)/C=C\C(=O)OCC2COC(C)(C)O2)O1. The van der Waals surface area contributed by atoms with Gasteiger partial charge in [-0.3, -0.25) is 9.59 Å². The number of hydrogen-bond donors (Lipinski definition) is 0. The molecule has 2 heterocycles. The van der Waals surface area contributed by atoms with E-state index >= 15 is 0 Å². The molecule has 0 N–H and O–H groups in total. The summed E-state index contributed by atoms with van der Waals surface area (Å²) in [6.07, 6.45) is 2.08. The van der Waals surface area contributed by atoms with Crippen LogP contribution in [0, 0.1) is 0 Å². The molecule has 0 spiro atoms. The standard InChI is InChI=1S/C23H34O12/c1-5-6-18(24)30-15-31-21(27)9-10-23(4)33-14-17(35-23)12-29-20(26)8-7-19(25)28-11-16-13-32-22(2,3)34-16/h7-8,16-17H,5-6,9-15H2,1-4H3/b8-7-. The van der Waals surface area contributed by atoms with E-state index in [0.717, 1.165) is 12.2 Å². The molecule has 12 nitrogen and oxygen atoms in total. The molecule has 2 aliphatic rings. The molecule has 0 aromatic rings. The van der Waals surface area contributed by atoms with Crippen LogP contribution in [0.2, 0.25) is 0 Å². The lowest BCUT2D eigenvalue weighted by molar-refractivity contribution is -0.179. The molecular weight excluding hydrogens is 468 g/mol. The first kappa shape index (κ1) is 28.7. The summed E-state index contributed by atoms with van der Waals surface area (Å²) >= 11 is 0. The van der Waals surface area contributed by atoms with Crippen molar-refractivity contribution in [3.63, 3.8) is 0 Å². The minimum absolute atomic E-state index is 0.00499. The largest absolute Gasteiger partial charge is 0.460 e. The zero-order valence-corrected chi connectivity index (χ0v) is 20.6. The first-order valence-electron chi connectivity index (χ1n) is 11.5. The fourth-order valence-electron chi connectivity index (χ4n) is 3.17. The summed E-state index contributed by atoms with van der Waals surface area (Å²) in [5.41, 5.74) is 0. The van der Waals surface area contributed by atoms with Crippen LogP contribution in [0.5, 0.6) is 0 Å². The van der Waals surface area contributed by atoms with E-state index in [1.807, 2.05) is 6.92 Å². The highest BCUT2D eigenvalue weighted by Gasteiger charge is 2.38. The maximum absolute atomic E-state index is 11.9. The number of rotatable bonds is 13. The molecule has 0 saturated carbocycles. The van der Waals surface area contributed by atoms with Gasteiger partial charge in [-0.2, -0.15) is 0 Å². The third-order valence-electron chi connectivity index (χ3n) is 4.91. The van der Waals surface area contributed by atoms with Crippen LogP contribution in [0.3, 0.4) is 0 Å². The van der Waals surface area contributed by atoms with Crippen molar-refractivity contribution in [2.24, 2.45) is 0 Å². The van der Waals surface area contributed by atoms with E-state index in [4.69, 9.17) is 37.9 Å². The van der Waals surface area contributed by atoms with Gasteiger partial charge < -0.3 is 37.9 Å². The second-order valence-electron chi connectivity index (χ2n) is 8.63. The van der Waals surface area contributed by atoms with E-state index < -0.39 is 48.3 Å². The van der Waals surface area contributed by atoms with Crippen molar-refractivity contribution < 1.29 is 57.1 Å². The van der Waals surface area contributed by atoms with Crippen LogP contribution in [0.4, 0.5) is 0 Å². The van der Waals surface area contributed by atoms with Gasteiger partial charge in [-0.25, -0.2) is 9.59 Å². The molecule has 0 amide bonds. The Bertz CT molecular complexity index is 776. The highest BCUT2D eigenvalue weighted by atomic mass is 16.8. The Hall–Kier alpha value is -2.54. The first-order chi connectivity index (χ1) is 16.5. The molecule has 2 saturated heterocycles. The van der Waals surface area contributed by atoms with Gasteiger partial charge in [-0.15, -0.1) is 0 Å². The minimum atomic E-state index is -1.06. The molecule has 3 unspecified atom stereocenters. The quantitative estimate of drug-likeness (QED) is 0.156. The number of carbonyl (C=O) groups excluding carboxylic acids is 4. The Morgan fingerprint density at radius 1 is 0.800 bits per heavy atom. The maximum atomic E-state index is 11.9. The summed E-state index contributed by atoms with van der Waals surface area (Å²) < 4.78 is 41.9. The molecule has 0 radical (unpaired) electrons. The predicted octanol–water partition coefficient (Wildman–Crippen LogP) is 1.54. The molecule has 12 heteroatoms. The van der Waals surface area contributed by atoms with Crippen molar-refractivity contribution in [3.8, 4) is 0 Å². The number of carbonyl (C=O) groups is 4. The summed E-state index contributed by atoms with van der Waals surface area (Å²) in [7, 11) is 0. The van der Waals surface area contributed by atoms with E-state index in [-0.39, 0.29) is 45.2 Å². The normalized spacial score (nSPS) is 25.4. The van der Waals surface area contributed by atoms with Crippen LogP contribution in [-0.2, 0) is 57.1 Å². The molecule has 2 rings (SSSR count). The number of ether oxygens (including phenoxy) is 8. The van der Waals surface area contributed by atoms with Crippen molar-refractivity contribution in [2.75, 3.05) is 33.2 Å². The second kappa shape index (κ2) is 13.5. The third kappa shape index (κ3) is 11.2. The van der Waals surface area contributed by atoms with Crippen molar-refractivity contribution in [2.45, 2.75) is 77.2 Å². The smallest absolute Gasteiger partial charge is 0.331 e. The molecular formula is C23H34O12. The zero-order chi connectivity index (χ0) is 25.9. The van der Waals surface area contributed by atoms with Crippen molar-refractivity contribution in [1.29, 1.82) is 0 Å². The van der Waals surface area contributed by atoms with Gasteiger partial charge >= 0.3 is 23.9 Å². The summed E-state index contributed by atoms with van der Waals surface area (Å²) in [6.45, 7) is 6.94. The van der Waals surface area contributed by atoms with Crippen LogP contribution in [0.15, 0.2) is 12.2 Å². The molecule has 0 aliphatic carbocycles. The lowest BCUT2D eigenvalue weighted by atomic mass is 10.2. The Labute approximate surface area is 204 Å². The van der Waals surface area contributed by atoms with Crippen LogP contribution < -0.4 is 0 Å². The lowest BCUT2D eigenvalue weighted by Gasteiger charge is -2.22. The maximum Gasteiger partial charge on any atom is 0.331 e. The molecule has 35 heavy (non-hydrogen) atoms. The van der Waals surface area contributed by atoms with E-state index in [9.17, 15) is 19.2 Å². The lowest BCUT2D eigenvalue weighted by Crippen LogP contribution is -2.29. The summed E-state index contributed by atoms with van der Waals surface area (Å²) in [6, 6.07) is 0. The molecule has 198 valence electrons. The van der Waals surface area contributed by atoms with E-state index in [0.29, 0.717) is 13.0 Å². The minimum Gasteiger partial charge on any atom is -0.460 e. The fourth-order valence-corrected chi connectivity index (χ4v) is 3.17. The van der Waals surface area contributed by atoms with Crippen LogP contribution in [0.25, 0.3) is 0 Å². The molecule has 3 atom stereocenters. The Balaban J connectivity index is 1.59. The number of hydrogen-bond acceptors (Lipinski definition) is 12. The predicted molar refractivity (Wildman–Crippen MR) is 116 cm³/mol. The van der Waals surface area contributed by atoms with Crippen LogP contribution in [-0.4, -0.2) is 80.9 Å². The van der Waals surface area contributed by atoms with Crippen molar-refractivity contribution >= 4 is 23.9 Å². The average Bonchev–Trinajstić information content (AvgIpc) is 3.35. The third-order valence-corrected chi connectivity index (χ3v) is 4.91. The molecule has 0 aromatic carbocycles. The highest BCUT2D eigenvalue weighted by Crippen LogP contribution is 2.28. The van der Waals surface area contributed by atoms with Crippen LogP contribution in [0.1, 0.15) is 53.4 Å². The van der Waals surface area contributed by atoms with Crippen LogP contribution >= 0.6 is 0 Å². The molecule has 2 fully saturated rings. The topological polar surface area (TPSA) is 142 Å². The van der Waals surface area contributed by atoms with Gasteiger partial charge in [0.1, 0.15) is 25.4 Å².